The van der Waals surface area contributed by atoms with Crippen LogP contribution in [0, 0.1) is 0 Å². The molecule has 122 valence electrons. The third-order valence-corrected chi connectivity index (χ3v) is 4.16. The predicted molar refractivity (Wildman–Crippen MR) is 86.3 cm³/mol. The van der Waals surface area contributed by atoms with E-state index in [9.17, 15) is 9.18 Å². The number of allylic oxidation sites excluding steroid dienone is 3. The van der Waals surface area contributed by atoms with Gasteiger partial charge in [-0.05, 0) is 24.5 Å². The first kappa shape index (κ1) is 15.6. The number of amides is 1. The van der Waals surface area contributed by atoms with Gasteiger partial charge < -0.3 is 14.5 Å². The van der Waals surface area contributed by atoms with Crippen molar-refractivity contribution in [2.24, 2.45) is 0 Å². The van der Waals surface area contributed by atoms with Gasteiger partial charge in [-0.2, -0.15) is 0 Å². The molecule has 1 aromatic rings. The Kier molecular flexibility index (Phi) is 4.95. The summed E-state index contributed by atoms with van der Waals surface area (Å²) in [6.07, 6.45) is 4.92. The lowest BCUT2D eigenvalue weighted by molar-refractivity contribution is 0.0778. The SMILES string of the molecule is O=C(OCc1ccccc1)N1CCN(C2=CCCC=C2F)CC1. The highest BCUT2D eigenvalue weighted by Crippen LogP contribution is 2.24. The van der Waals surface area contributed by atoms with Crippen molar-refractivity contribution in [1.82, 2.24) is 9.80 Å². The lowest BCUT2D eigenvalue weighted by Crippen LogP contribution is -2.48. The lowest BCUT2D eigenvalue weighted by Gasteiger charge is -2.36. The second-order valence-corrected chi connectivity index (χ2v) is 5.73. The molecule has 0 bridgehead atoms. The summed E-state index contributed by atoms with van der Waals surface area (Å²) < 4.78 is 19.2. The van der Waals surface area contributed by atoms with Crippen LogP contribution in [0.1, 0.15) is 18.4 Å². The molecule has 0 saturated carbocycles. The Labute approximate surface area is 135 Å². The molecular weight excluding hydrogens is 295 g/mol. The fraction of sp³-hybridized carbons (Fsp3) is 0.389. The second kappa shape index (κ2) is 7.31. The Hall–Kier alpha value is -2.30. The lowest BCUT2D eigenvalue weighted by atomic mass is 10.1. The maximum Gasteiger partial charge on any atom is 0.410 e. The van der Waals surface area contributed by atoms with Gasteiger partial charge >= 0.3 is 6.09 Å². The van der Waals surface area contributed by atoms with Crippen molar-refractivity contribution in [3.8, 4) is 0 Å². The quantitative estimate of drug-likeness (QED) is 0.856. The van der Waals surface area contributed by atoms with E-state index in [1.807, 2.05) is 41.3 Å². The fourth-order valence-corrected chi connectivity index (χ4v) is 2.85. The van der Waals surface area contributed by atoms with E-state index >= 15 is 0 Å². The molecule has 0 N–H and O–H groups in total. The summed E-state index contributed by atoms with van der Waals surface area (Å²) in [4.78, 5) is 15.8. The van der Waals surface area contributed by atoms with E-state index in [2.05, 4.69) is 0 Å². The van der Waals surface area contributed by atoms with Crippen LogP contribution in [-0.2, 0) is 11.3 Å². The Balaban J connectivity index is 1.48. The van der Waals surface area contributed by atoms with Crippen molar-refractivity contribution >= 4 is 6.09 Å². The van der Waals surface area contributed by atoms with E-state index in [0.717, 1.165) is 18.4 Å². The largest absolute Gasteiger partial charge is 0.445 e. The van der Waals surface area contributed by atoms with Crippen molar-refractivity contribution in [2.75, 3.05) is 26.2 Å². The summed E-state index contributed by atoms with van der Waals surface area (Å²) in [6, 6.07) is 9.62. The van der Waals surface area contributed by atoms with E-state index < -0.39 is 0 Å². The molecule has 1 fully saturated rings. The van der Waals surface area contributed by atoms with E-state index in [1.54, 1.807) is 11.0 Å². The topological polar surface area (TPSA) is 32.8 Å². The van der Waals surface area contributed by atoms with Crippen molar-refractivity contribution in [3.05, 3.63) is 59.6 Å². The van der Waals surface area contributed by atoms with Gasteiger partial charge in [0.1, 0.15) is 12.4 Å². The van der Waals surface area contributed by atoms with Crippen LogP contribution in [0.25, 0.3) is 0 Å². The number of hydrogen-bond donors (Lipinski definition) is 0. The standard InChI is InChI=1S/C18H21FN2O2/c19-16-8-4-5-9-17(16)20-10-12-21(13-11-20)18(22)23-14-15-6-2-1-3-7-15/h1-3,6-9H,4-5,10-14H2. The zero-order valence-corrected chi connectivity index (χ0v) is 13.1. The number of nitrogens with zero attached hydrogens (tertiary/aromatic N) is 2. The molecule has 0 aromatic heterocycles. The number of benzene rings is 1. The van der Waals surface area contributed by atoms with Gasteiger partial charge in [-0.25, -0.2) is 9.18 Å². The number of ether oxygens (including phenoxy) is 1. The summed E-state index contributed by atoms with van der Waals surface area (Å²) in [5.74, 6) is -0.142. The minimum Gasteiger partial charge on any atom is -0.445 e. The van der Waals surface area contributed by atoms with Gasteiger partial charge in [-0.15, -0.1) is 0 Å². The molecule has 5 heteroatoms. The maximum atomic E-state index is 13.8. The number of carbonyl (C=O) groups is 1. The summed E-state index contributed by atoms with van der Waals surface area (Å²) in [5.41, 5.74) is 1.65. The van der Waals surface area contributed by atoms with E-state index in [-0.39, 0.29) is 18.5 Å². The summed E-state index contributed by atoms with van der Waals surface area (Å²) in [5, 5.41) is 0. The molecule has 1 aliphatic carbocycles. The minimum atomic E-state index is -0.304. The number of hydrogen-bond acceptors (Lipinski definition) is 3. The molecule has 23 heavy (non-hydrogen) atoms. The monoisotopic (exact) mass is 316 g/mol. The molecule has 0 radical (unpaired) electrons. The van der Waals surface area contributed by atoms with Crippen molar-refractivity contribution in [1.29, 1.82) is 0 Å². The third kappa shape index (κ3) is 3.92. The Morgan fingerprint density at radius 3 is 2.43 bits per heavy atom. The molecule has 1 aromatic carbocycles. The minimum absolute atomic E-state index is 0.142. The van der Waals surface area contributed by atoms with Crippen molar-refractivity contribution < 1.29 is 13.9 Å². The molecule has 0 atom stereocenters. The van der Waals surface area contributed by atoms with Crippen LogP contribution in [0.3, 0.4) is 0 Å². The first-order valence-electron chi connectivity index (χ1n) is 8.01. The van der Waals surface area contributed by atoms with Gasteiger partial charge in [0, 0.05) is 26.2 Å². The number of rotatable bonds is 3. The molecule has 2 aliphatic rings. The first-order valence-corrected chi connectivity index (χ1v) is 8.01. The van der Waals surface area contributed by atoms with Gasteiger partial charge in [-0.1, -0.05) is 36.4 Å². The highest BCUT2D eigenvalue weighted by molar-refractivity contribution is 5.67. The normalized spacial score (nSPS) is 18.3. The Morgan fingerprint density at radius 2 is 1.74 bits per heavy atom. The Bertz CT molecular complexity index is 605. The van der Waals surface area contributed by atoms with Gasteiger partial charge in [0.15, 0.2) is 0 Å². The number of carbonyl (C=O) groups excluding carboxylic acids is 1. The zero-order chi connectivity index (χ0) is 16.1. The van der Waals surface area contributed by atoms with Crippen LogP contribution < -0.4 is 0 Å². The molecule has 3 rings (SSSR count). The number of piperazine rings is 1. The van der Waals surface area contributed by atoms with Crippen molar-refractivity contribution in [3.63, 3.8) is 0 Å². The smallest absolute Gasteiger partial charge is 0.410 e. The maximum absolute atomic E-state index is 13.8. The van der Waals surface area contributed by atoms with Crippen LogP contribution in [0.15, 0.2) is 54.0 Å². The molecule has 4 nitrogen and oxygen atoms in total. The van der Waals surface area contributed by atoms with E-state index in [4.69, 9.17) is 4.74 Å². The zero-order valence-electron chi connectivity index (χ0n) is 13.1. The highest BCUT2D eigenvalue weighted by atomic mass is 19.1. The summed E-state index contributed by atoms with van der Waals surface area (Å²) >= 11 is 0. The second-order valence-electron chi connectivity index (χ2n) is 5.73. The third-order valence-electron chi connectivity index (χ3n) is 4.16. The first-order chi connectivity index (χ1) is 11.2. The molecule has 0 spiro atoms. The van der Waals surface area contributed by atoms with Crippen LogP contribution in [0.5, 0.6) is 0 Å². The molecule has 1 saturated heterocycles. The molecule has 1 aliphatic heterocycles. The molecular formula is C18H21FN2O2. The fourth-order valence-electron chi connectivity index (χ4n) is 2.85. The van der Waals surface area contributed by atoms with Gasteiger partial charge in [0.25, 0.3) is 0 Å². The van der Waals surface area contributed by atoms with Crippen molar-refractivity contribution in [2.45, 2.75) is 19.4 Å². The van der Waals surface area contributed by atoms with E-state index in [0.29, 0.717) is 31.9 Å². The highest BCUT2D eigenvalue weighted by Gasteiger charge is 2.25. The average Bonchev–Trinajstić information content (AvgIpc) is 2.61. The van der Waals surface area contributed by atoms with Crippen LogP contribution >= 0.6 is 0 Å². The molecule has 1 heterocycles. The molecule has 1 amide bonds. The van der Waals surface area contributed by atoms with Gasteiger partial charge in [0.2, 0.25) is 0 Å². The van der Waals surface area contributed by atoms with E-state index in [1.165, 1.54) is 0 Å². The summed E-state index contributed by atoms with van der Waals surface area (Å²) in [7, 11) is 0. The average molecular weight is 316 g/mol. The van der Waals surface area contributed by atoms with Gasteiger partial charge in [-0.3, -0.25) is 0 Å². The summed E-state index contributed by atoms with van der Waals surface area (Å²) in [6.45, 7) is 2.65. The van der Waals surface area contributed by atoms with Crippen LogP contribution in [0.2, 0.25) is 0 Å². The Morgan fingerprint density at radius 1 is 1.04 bits per heavy atom. The van der Waals surface area contributed by atoms with Crippen LogP contribution in [0.4, 0.5) is 9.18 Å². The predicted octanol–water partition coefficient (Wildman–Crippen LogP) is 3.47. The van der Waals surface area contributed by atoms with Crippen LogP contribution in [-0.4, -0.2) is 42.1 Å². The molecule has 0 unspecified atom stereocenters. The number of halogens is 1. The van der Waals surface area contributed by atoms with Gasteiger partial charge in [0.05, 0.1) is 5.70 Å².